The molecule has 1 saturated carbocycles. The van der Waals surface area contributed by atoms with Crippen molar-refractivity contribution in [3.8, 4) is 0 Å². The molecule has 3 aliphatic rings. The van der Waals surface area contributed by atoms with Crippen LogP contribution >= 0.6 is 11.6 Å². The maximum absolute atomic E-state index is 13.9. The standard InChI is InChI=1S/C30H30ClFN2O/c31-25-17-22-3-1-2-4-27(22)23(18-25)20-34-14-11-28(29(34)35)30(24-7-9-26(32)10-8-24)12-15-33(16-13-30)19-21-5-6-21/h1-4,7-11,17-18,21H,5-6,12-16,19-20H2. The average Bonchev–Trinajstić information content (AvgIpc) is 3.61. The van der Waals surface area contributed by atoms with Gasteiger partial charge in [0.15, 0.2) is 0 Å². The molecule has 2 heterocycles. The number of carbonyl (C=O) groups is 1. The molecule has 0 bridgehead atoms. The summed E-state index contributed by atoms with van der Waals surface area (Å²) >= 11 is 6.41. The lowest BCUT2D eigenvalue weighted by Crippen LogP contribution is -2.46. The van der Waals surface area contributed by atoms with Gasteiger partial charge < -0.3 is 9.80 Å². The largest absolute Gasteiger partial charge is 0.331 e. The quantitative estimate of drug-likeness (QED) is 0.404. The molecule has 3 aromatic rings. The minimum absolute atomic E-state index is 0.0917. The third-order valence-corrected chi connectivity index (χ3v) is 8.36. The Morgan fingerprint density at radius 3 is 2.49 bits per heavy atom. The topological polar surface area (TPSA) is 23.6 Å². The molecular formula is C30H30ClFN2O. The van der Waals surface area contributed by atoms with Crippen LogP contribution in [-0.4, -0.2) is 41.9 Å². The first-order valence-corrected chi connectivity index (χ1v) is 13.1. The summed E-state index contributed by atoms with van der Waals surface area (Å²) in [6.07, 6.45) is 6.58. The lowest BCUT2D eigenvalue weighted by atomic mass is 9.67. The van der Waals surface area contributed by atoms with Crippen molar-refractivity contribution in [2.24, 2.45) is 5.92 Å². The van der Waals surface area contributed by atoms with Crippen LogP contribution in [0.1, 0.15) is 36.8 Å². The molecule has 180 valence electrons. The molecule has 0 aromatic heterocycles. The van der Waals surface area contributed by atoms with Crippen molar-refractivity contribution < 1.29 is 9.18 Å². The molecule has 5 heteroatoms. The fourth-order valence-electron chi connectivity index (χ4n) is 6.03. The predicted octanol–water partition coefficient (Wildman–Crippen LogP) is 6.34. The van der Waals surface area contributed by atoms with Crippen LogP contribution < -0.4 is 0 Å². The highest BCUT2D eigenvalue weighted by atomic mass is 35.5. The molecule has 6 rings (SSSR count). The zero-order valence-electron chi connectivity index (χ0n) is 19.9. The minimum atomic E-state index is -0.365. The number of halogens is 2. The zero-order chi connectivity index (χ0) is 24.0. The number of piperidine rings is 1. The highest BCUT2D eigenvalue weighted by Gasteiger charge is 2.45. The van der Waals surface area contributed by atoms with Crippen molar-refractivity contribution in [2.75, 3.05) is 26.2 Å². The van der Waals surface area contributed by atoms with Crippen molar-refractivity contribution in [3.63, 3.8) is 0 Å². The normalized spacial score (nSPS) is 20.5. The lowest BCUT2D eigenvalue weighted by Gasteiger charge is -2.43. The molecule has 0 unspecified atom stereocenters. The third kappa shape index (κ3) is 4.39. The van der Waals surface area contributed by atoms with Crippen molar-refractivity contribution in [3.05, 3.63) is 94.3 Å². The van der Waals surface area contributed by atoms with Gasteiger partial charge in [0.05, 0.1) is 0 Å². The van der Waals surface area contributed by atoms with Crippen LogP contribution in [-0.2, 0) is 16.8 Å². The maximum Gasteiger partial charge on any atom is 0.251 e. The van der Waals surface area contributed by atoms with Crippen LogP contribution in [0, 0.1) is 11.7 Å². The molecule has 0 spiro atoms. The second-order valence-electron chi connectivity index (χ2n) is 10.4. The van der Waals surface area contributed by atoms with Gasteiger partial charge in [0, 0.05) is 35.6 Å². The molecule has 1 amide bonds. The number of fused-ring (bicyclic) bond motifs is 1. The van der Waals surface area contributed by atoms with E-state index in [1.54, 1.807) is 0 Å². The van der Waals surface area contributed by atoms with Gasteiger partial charge in [-0.1, -0.05) is 54.1 Å². The molecule has 0 radical (unpaired) electrons. The van der Waals surface area contributed by atoms with Crippen LogP contribution in [0.5, 0.6) is 0 Å². The molecular weight excluding hydrogens is 459 g/mol. The molecule has 1 aliphatic carbocycles. The number of nitrogens with zero attached hydrogens (tertiary/aromatic N) is 2. The molecule has 3 nitrogen and oxygen atoms in total. The lowest BCUT2D eigenvalue weighted by molar-refractivity contribution is -0.126. The molecule has 1 saturated heterocycles. The number of hydrogen-bond donors (Lipinski definition) is 0. The van der Waals surface area contributed by atoms with Crippen molar-refractivity contribution >= 4 is 28.3 Å². The van der Waals surface area contributed by atoms with Crippen LogP contribution in [0.4, 0.5) is 4.39 Å². The SMILES string of the molecule is O=C1C(C2(c3ccc(F)cc3)CCN(CC3CC3)CC2)=CCN1Cc1cc(Cl)cc2ccccc12. The molecule has 0 N–H and O–H groups in total. The minimum Gasteiger partial charge on any atom is -0.331 e. The van der Waals surface area contributed by atoms with Gasteiger partial charge in [-0.15, -0.1) is 0 Å². The van der Waals surface area contributed by atoms with E-state index in [2.05, 4.69) is 23.1 Å². The summed E-state index contributed by atoms with van der Waals surface area (Å²) in [6.45, 7) is 4.21. The Bertz CT molecular complexity index is 1290. The summed E-state index contributed by atoms with van der Waals surface area (Å²) < 4.78 is 13.8. The number of amides is 1. The highest BCUT2D eigenvalue weighted by molar-refractivity contribution is 6.31. The van der Waals surface area contributed by atoms with E-state index in [-0.39, 0.29) is 17.1 Å². The summed E-state index contributed by atoms with van der Waals surface area (Å²) in [5.41, 5.74) is 2.63. The van der Waals surface area contributed by atoms with Gasteiger partial charge in [0.1, 0.15) is 5.82 Å². The van der Waals surface area contributed by atoms with Crippen molar-refractivity contribution in [1.82, 2.24) is 9.80 Å². The summed E-state index contributed by atoms with van der Waals surface area (Å²) in [6, 6.07) is 18.9. The fraction of sp³-hybridized carbons (Fsp3) is 0.367. The first kappa shape index (κ1) is 22.8. The maximum atomic E-state index is 13.9. The number of carbonyl (C=O) groups excluding carboxylic acids is 1. The first-order valence-electron chi connectivity index (χ1n) is 12.7. The van der Waals surface area contributed by atoms with Gasteiger partial charge in [-0.3, -0.25) is 4.79 Å². The van der Waals surface area contributed by atoms with E-state index >= 15 is 0 Å². The van der Waals surface area contributed by atoms with E-state index in [9.17, 15) is 9.18 Å². The summed E-state index contributed by atoms with van der Waals surface area (Å²) in [4.78, 5) is 18.4. The van der Waals surface area contributed by atoms with E-state index in [4.69, 9.17) is 11.6 Å². The van der Waals surface area contributed by atoms with E-state index in [1.165, 1.54) is 31.5 Å². The average molecular weight is 489 g/mol. The number of benzene rings is 3. The first-order chi connectivity index (χ1) is 17.0. The summed E-state index contributed by atoms with van der Waals surface area (Å²) in [5, 5.41) is 2.89. The summed E-state index contributed by atoms with van der Waals surface area (Å²) in [5.74, 6) is 0.703. The van der Waals surface area contributed by atoms with E-state index in [0.717, 1.165) is 59.3 Å². The Balaban J connectivity index is 1.28. The van der Waals surface area contributed by atoms with Gasteiger partial charge >= 0.3 is 0 Å². The van der Waals surface area contributed by atoms with Crippen LogP contribution in [0.2, 0.25) is 5.02 Å². The Hall–Kier alpha value is -2.69. The second-order valence-corrected chi connectivity index (χ2v) is 10.9. The van der Waals surface area contributed by atoms with E-state index in [0.29, 0.717) is 18.1 Å². The van der Waals surface area contributed by atoms with E-state index in [1.807, 2.05) is 41.3 Å². The smallest absolute Gasteiger partial charge is 0.251 e. The number of rotatable bonds is 6. The van der Waals surface area contributed by atoms with Gasteiger partial charge in [0.25, 0.3) is 5.91 Å². The molecule has 2 fully saturated rings. The molecule has 3 aromatic carbocycles. The van der Waals surface area contributed by atoms with Gasteiger partial charge in [0.2, 0.25) is 0 Å². The van der Waals surface area contributed by atoms with Gasteiger partial charge in [-0.2, -0.15) is 0 Å². The van der Waals surface area contributed by atoms with Crippen molar-refractivity contribution in [2.45, 2.75) is 37.6 Å². The van der Waals surface area contributed by atoms with Crippen LogP contribution in [0.25, 0.3) is 10.8 Å². The Labute approximate surface area is 211 Å². The molecule has 0 atom stereocenters. The number of likely N-dealkylation sites (tertiary alicyclic amines) is 1. The van der Waals surface area contributed by atoms with Crippen LogP contribution in [0.3, 0.4) is 0 Å². The molecule has 35 heavy (non-hydrogen) atoms. The van der Waals surface area contributed by atoms with E-state index < -0.39 is 0 Å². The van der Waals surface area contributed by atoms with Gasteiger partial charge in [-0.25, -0.2) is 4.39 Å². The highest BCUT2D eigenvalue weighted by Crippen LogP contribution is 2.45. The predicted molar refractivity (Wildman–Crippen MR) is 139 cm³/mol. The fourth-order valence-corrected chi connectivity index (χ4v) is 6.28. The van der Waals surface area contributed by atoms with Gasteiger partial charge in [-0.05, 0) is 90.9 Å². The third-order valence-electron chi connectivity index (χ3n) is 8.14. The van der Waals surface area contributed by atoms with Crippen LogP contribution in [0.15, 0.2) is 72.3 Å². The Morgan fingerprint density at radius 2 is 1.74 bits per heavy atom. The molecule has 2 aliphatic heterocycles. The monoisotopic (exact) mass is 488 g/mol. The zero-order valence-corrected chi connectivity index (χ0v) is 20.6. The summed E-state index contributed by atoms with van der Waals surface area (Å²) in [7, 11) is 0. The number of hydrogen-bond acceptors (Lipinski definition) is 2. The Morgan fingerprint density at radius 1 is 1.00 bits per heavy atom. The van der Waals surface area contributed by atoms with Crippen molar-refractivity contribution in [1.29, 1.82) is 0 Å². The second kappa shape index (κ2) is 9.07. The Kier molecular flexibility index (Phi) is 5.90.